The molecule has 1 saturated heterocycles. The molecule has 0 unspecified atom stereocenters. The molecule has 0 radical (unpaired) electrons. The van der Waals surface area contributed by atoms with Crippen molar-refractivity contribution in [2.24, 2.45) is 0 Å². The van der Waals surface area contributed by atoms with E-state index in [0.717, 1.165) is 29.8 Å². The summed E-state index contributed by atoms with van der Waals surface area (Å²) >= 11 is 6.13. The first-order valence-corrected chi connectivity index (χ1v) is 7.93. The highest BCUT2D eigenvalue weighted by Gasteiger charge is 2.47. The van der Waals surface area contributed by atoms with Gasteiger partial charge in [0.2, 0.25) is 0 Å². The minimum absolute atomic E-state index is 0. The Morgan fingerprint density at radius 3 is 2.83 bits per heavy atom. The lowest BCUT2D eigenvalue weighted by molar-refractivity contribution is -0.0470. The normalized spacial score (nSPS) is 26.0. The Bertz CT molecular complexity index is 737. The highest BCUT2D eigenvalue weighted by Crippen LogP contribution is 2.52. The Morgan fingerprint density at radius 1 is 1.22 bits per heavy atom. The van der Waals surface area contributed by atoms with Crippen molar-refractivity contribution in [2.45, 2.75) is 17.9 Å². The molecule has 2 aromatic carbocycles. The number of benzene rings is 2. The van der Waals surface area contributed by atoms with Crippen molar-refractivity contribution in [3.05, 3.63) is 58.6 Å². The van der Waals surface area contributed by atoms with Crippen LogP contribution in [0.15, 0.2) is 42.5 Å². The van der Waals surface area contributed by atoms with Crippen LogP contribution in [-0.2, 0) is 5.60 Å². The van der Waals surface area contributed by atoms with Gasteiger partial charge in [-0.1, -0.05) is 35.9 Å². The molecule has 5 heteroatoms. The number of nitrogens with zero attached hydrogens (tertiary/aromatic N) is 1. The van der Waals surface area contributed by atoms with Crippen molar-refractivity contribution in [3.8, 4) is 11.5 Å². The first-order valence-electron chi connectivity index (χ1n) is 7.56. The Morgan fingerprint density at radius 2 is 2.00 bits per heavy atom. The number of halogens is 2. The second kappa shape index (κ2) is 5.99. The summed E-state index contributed by atoms with van der Waals surface area (Å²) in [5.41, 5.74) is 0.939. The molecule has 1 fully saturated rings. The minimum atomic E-state index is -0.959. The molecule has 23 heavy (non-hydrogen) atoms. The van der Waals surface area contributed by atoms with E-state index >= 15 is 0 Å². The number of fused-ring (bicyclic) bond motifs is 5. The van der Waals surface area contributed by atoms with Crippen LogP contribution in [-0.4, -0.2) is 30.1 Å². The van der Waals surface area contributed by atoms with E-state index in [1.807, 2.05) is 37.4 Å². The van der Waals surface area contributed by atoms with Gasteiger partial charge >= 0.3 is 0 Å². The number of likely N-dealkylation sites (tertiary alicyclic amines) is 1. The number of ether oxygens (including phenoxy) is 1. The van der Waals surface area contributed by atoms with Crippen molar-refractivity contribution < 1.29 is 9.84 Å². The van der Waals surface area contributed by atoms with Gasteiger partial charge < -0.3 is 14.7 Å². The summed E-state index contributed by atoms with van der Waals surface area (Å²) < 4.78 is 6.11. The number of likely N-dealkylation sites (N-methyl/N-ethyl adjacent to an activating group) is 1. The molecular weight excluding hydrogens is 333 g/mol. The van der Waals surface area contributed by atoms with Gasteiger partial charge in [0.25, 0.3) is 0 Å². The number of piperidine rings is 1. The van der Waals surface area contributed by atoms with E-state index in [1.165, 1.54) is 0 Å². The molecule has 0 amide bonds. The quantitative estimate of drug-likeness (QED) is 0.772. The van der Waals surface area contributed by atoms with Crippen molar-refractivity contribution in [1.82, 2.24) is 4.90 Å². The predicted octanol–water partition coefficient (Wildman–Crippen LogP) is 4.17. The molecule has 4 rings (SSSR count). The van der Waals surface area contributed by atoms with Gasteiger partial charge in [-0.2, -0.15) is 0 Å². The molecule has 0 bridgehead atoms. The standard InChI is InChI=1S/C18H18ClNO2.ClH/c1-20-9-8-14-13-4-2-3-5-16(13)22-17-10-12(19)6-7-15(17)18(14,21)11-20;/h2-7,10,14,21H,8-9,11H2,1H3;1H/t14-,18+;/m1./s1. The predicted molar refractivity (Wildman–Crippen MR) is 94.0 cm³/mol. The van der Waals surface area contributed by atoms with Gasteiger partial charge in [-0.25, -0.2) is 0 Å². The first kappa shape index (κ1) is 16.6. The van der Waals surface area contributed by atoms with Gasteiger partial charge in [0.05, 0.1) is 0 Å². The van der Waals surface area contributed by atoms with Crippen LogP contribution in [0.3, 0.4) is 0 Å². The van der Waals surface area contributed by atoms with Gasteiger partial charge in [-0.05, 0) is 38.2 Å². The topological polar surface area (TPSA) is 32.7 Å². The van der Waals surface area contributed by atoms with E-state index < -0.39 is 5.60 Å². The lowest BCUT2D eigenvalue weighted by Crippen LogP contribution is -2.49. The van der Waals surface area contributed by atoms with Crippen LogP contribution in [0, 0.1) is 0 Å². The first-order chi connectivity index (χ1) is 10.6. The number of hydrogen-bond acceptors (Lipinski definition) is 3. The molecule has 2 aromatic rings. The van der Waals surface area contributed by atoms with Gasteiger partial charge in [0.1, 0.15) is 17.1 Å². The summed E-state index contributed by atoms with van der Waals surface area (Å²) in [6, 6.07) is 13.5. The highest BCUT2D eigenvalue weighted by molar-refractivity contribution is 6.30. The van der Waals surface area contributed by atoms with Gasteiger partial charge in [0, 0.05) is 28.6 Å². The van der Waals surface area contributed by atoms with E-state index in [0.29, 0.717) is 17.3 Å². The maximum absolute atomic E-state index is 11.6. The van der Waals surface area contributed by atoms with Gasteiger partial charge in [-0.15, -0.1) is 12.4 Å². The molecule has 0 saturated carbocycles. The third-order valence-corrected chi connectivity index (χ3v) is 5.05. The number of rotatable bonds is 0. The Balaban J connectivity index is 0.00000156. The zero-order valence-corrected chi connectivity index (χ0v) is 14.4. The molecule has 2 atom stereocenters. The van der Waals surface area contributed by atoms with Crippen molar-refractivity contribution in [3.63, 3.8) is 0 Å². The molecule has 3 nitrogen and oxygen atoms in total. The summed E-state index contributed by atoms with van der Waals surface area (Å²) in [5.74, 6) is 1.50. The summed E-state index contributed by atoms with van der Waals surface area (Å²) in [7, 11) is 2.04. The molecule has 1 N–H and O–H groups in total. The summed E-state index contributed by atoms with van der Waals surface area (Å²) in [6.07, 6.45) is 0.898. The SMILES string of the molecule is CN1CC[C@@H]2c3ccccc3Oc3cc(Cl)ccc3[C@]2(O)C1.Cl. The smallest absolute Gasteiger partial charge is 0.135 e. The summed E-state index contributed by atoms with van der Waals surface area (Å²) in [5, 5.41) is 12.2. The third-order valence-electron chi connectivity index (χ3n) is 4.81. The molecule has 0 aromatic heterocycles. The zero-order chi connectivity index (χ0) is 15.3. The zero-order valence-electron chi connectivity index (χ0n) is 12.8. The van der Waals surface area contributed by atoms with E-state index in [-0.39, 0.29) is 18.3 Å². The van der Waals surface area contributed by atoms with Gasteiger partial charge in [0.15, 0.2) is 0 Å². The Kier molecular flexibility index (Phi) is 4.32. The molecule has 2 aliphatic rings. The maximum Gasteiger partial charge on any atom is 0.135 e. The molecule has 2 heterocycles. The number of para-hydroxylation sites is 1. The van der Waals surface area contributed by atoms with E-state index in [9.17, 15) is 5.11 Å². The molecule has 2 aliphatic heterocycles. The van der Waals surface area contributed by atoms with E-state index in [2.05, 4.69) is 11.0 Å². The average Bonchev–Trinajstić information content (AvgIpc) is 2.58. The monoisotopic (exact) mass is 351 g/mol. The van der Waals surface area contributed by atoms with E-state index in [4.69, 9.17) is 16.3 Å². The number of aliphatic hydroxyl groups is 1. The molecular formula is C18H19Cl2NO2. The van der Waals surface area contributed by atoms with Crippen LogP contribution >= 0.6 is 24.0 Å². The van der Waals surface area contributed by atoms with Crippen LogP contribution < -0.4 is 4.74 Å². The van der Waals surface area contributed by atoms with Crippen LogP contribution in [0.5, 0.6) is 11.5 Å². The Labute approximate surface area is 147 Å². The largest absolute Gasteiger partial charge is 0.457 e. The second-order valence-corrected chi connectivity index (χ2v) is 6.72. The second-order valence-electron chi connectivity index (χ2n) is 6.28. The fraction of sp³-hybridized carbons (Fsp3) is 0.333. The number of β-amino-alcohol motifs (C(OH)–C–C–N with tert-alkyl or cyclic N) is 1. The minimum Gasteiger partial charge on any atom is -0.457 e. The van der Waals surface area contributed by atoms with Crippen LogP contribution in [0.2, 0.25) is 5.02 Å². The molecule has 0 aliphatic carbocycles. The lowest BCUT2D eigenvalue weighted by atomic mass is 9.73. The van der Waals surface area contributed by atoms with Gasteiger partial charge in [-0.3, -0.25) is 0 Å². The number of hydrogen-bond donors (Lipinski definition) is 1. The summed E-state index contributed by atoms with van der Waals surface area (Å²) in [4.78, 5) is 2.17. The highest BCUT2D eigenvalue weighted by atomic mass is 35.5. The van der Waals surface area contributed by atoms with Crippen LogP contribution in [0.1, 0.15) is 23.5 Å². The lowest BCUT2D eigenvalue weighted by Gasteiger charge is -2.43. The average molecular weight is 352 g/mol. The van der Waals surface area contributed by atoms with Crippen LogP contribution in [0.25, 0.3) is 0 Å². The maximum atomic E-state index is 11.6. The fourth-order valence-electron chi connectivity index (χ4n) is 3.79. The summed E-state index contributed by atoms with van der Waals surface area (Å²) in [6.45, 7) is 1.55. The molecule has 122 valence electrons. The third kappa shape index (κ3) is 2.62. The van der Waals surface area contributed by atoms with Crippen molar-refractivity contribution >= 4 is 24.0 Å². The van der Waals surface area contributed by atoms with Crippen LogP contribution in [0.4, 0.5) is 0 Å². The van der Waals surface area contributed by atoms with E-state index in [1.54, 1.807) is 6.07 Å². The Hall–Kier alpha value is -1.26. The molecule has 0 spiro atoms. The van der Waals surface area contributed by atoms with Crippen molar-refractivity contribution in [1.29, 1.82) is 0 Å². The van der Waals surface area contributed by atoms with Crippen molar-refractivity contribution in [2.75, 3.05) is 20.1 Å². The fourth-order valence-corrected chi connectivity index (χ4v) is 3.95.